The molecule has 2 nitrogen and oxygen atoms in total. The molecule has 0 aromatic carbocycles. The molecule has 0 fully saturated rings. The zero-order valence-corrected chi connectivity index (χ0v) is 7.52. The van der Waals surface area contributed by atoms with Crippen LogP contribution in [0.5, 0.6) is 0 Å². The van der Waals surface area contributed by atoms with Crippen molar-refractivity contribution < 1.29 is 0 Å². The Hall–Kier alpha value is -0.0800. The Labute approximate surface area is 64.6 Å². The van der Waals surface area contributed by atoms with Gasteiger partial charge in [0.15, 0.2) is 0 Å². The Balaban J connectivity index is 3.60. The summed E-state index contributed by atoms with van der Waals surface area (Å²) in [5, 5.41) is 2.13. The lowest BCUT2D eigenvalue weighted by atomic mass is 10.2. The average Bonchev–Trinajstić information content (AvgIpc) is 1.81. The van der Waals surface area contributed by atoms with Gasteiger partial charge in [-0.1, -0.05) is 13.8 Å². The van der Waals surface area contributed by atoms with Gasteiger partial charge in [-0.3, -0.25) is 5.43 Å². The van der Waals surface area contributed by atoms with E-state index in [0.29, 0.717) is 12.0 Å². The highest BCUT2D eigenvalue weighted by atomic mass is 15.5. The summed E-state index contributed by atoms with van der Waals surface area (Å²) in [7, 11) is 3.64. The molecule has 0 aromatic rings. The van der Waals surface area contributed by atoms with Gasteiger partial charge >= 0.3 is 0 Å². The first kappa shape index (κ1) is 9.92. The first-order chi connectivity index (χ1) is 4.57. The number of nitrogens with zero attached hydrogens (tertiary/aromatic N) is 1. The second-order valence-electron chi connectivity index (χ2n) is 3.30. The molecular formula is C8H19N2. The van der Waals surface area contributed by atoms with Gasteiger partial charge < -0.3 is 0 Å². The summed E-state index contributed by atoms with van der Waals surface area (Å²) in [4.78, 5) is 0. The lowest BCUT2D eigenvalue weighted by molar-refractivity contribution is 0.150. The van der Waals surface area contributed by atoms with E-state index in [4.69, 9.17) is 0 Å². The normalized spacial score (nSPS) is 12.0. The van der Waals surface area contributed by atoms with E-state index >= 15 is 0 Å². The lowest BCUT2D eigenvalue weighted by Gasteiger charge is -2.26. The van der Waals surface area contributed by atoms with Gasteiger partial charge in [0, 0.05) is 19.6 Å². The van der Waals surface area contributed by atoms with Crippen molar-refractivity contribution in [2.24, 2.45) is 5.92 Å². The molecule has 1 radical (unpaired) electrons. The zero-order chi connectivity index (χ0) is 8.15. The molecule has 0 spiro atoms. The number of hydrogen-bond acceptors (Lipinski definition) is 2. The number of nitrogens with one attached hydrogen (secondary N) is 1. The third kappa shape index (κ3) is 3.85. The Bertz CT molecular complexity index is 79.3. The maximum Gasteiger partial charge on any atom is 0.0242 e. The van der Waals surface area contributed by atoms with E-state index in [1.165, 1.54) is 0 Å². The van der Waals surface area contributed by atoms with Crippen LogP contribution in [-0.4, -0.2) is 17.6 Å². The van der Waals surface area contributed by atoms with E-state index in [-0.39, 0.29) is 0 Å². The third-order valence-corrected chi connectivity index (χ3v) is 1.39. The molecule has 0 aliphatic heterocycles. The van der Waals surface area contributed by atoms with E-state index in [1.807, 2.05) is 0 Å². The average molecular weight is 143 g/mol. The first-order valence-electron chi connectivity index (χ1n) is 3.87. The standard InChI is InChI=1S/C8H19N2/c1-7(2)6-10(9-5)8(3)4/h7-9H,5-6H2,1-4H3. The second kappa shape index (κ2) is 4.69. The summed E-state index contributed by atoms with van der Waals surface area (Å²) in [5.41, 5.74) is 2.92. The predicted molar refractivity (Wildman–Crippen MR) is 45.2 cm³/mol. The molecule has 0 amide bonds. The highest BCUT2D eigenvalue weighted by Crippen LogP contribution is 1.99. The van der Waals surface area contributed by atoms with Crippen LogP contribution in [0.2, 0.25) is 0 Å². The van der Waals surface area contributed by atoms with Crippen LogP contribution in [0.1, 0.15) is 27.7 Å². The van der Waals surface area contributed by atoms with Crippen LogP contribution < -0.4 is 5.43 Å². The fourth-order valence-electron chi connectivity index (χ4n) is 0.851. The Morgan fingerprint density at radius 2 is 1.80 bits per heavy atom. The summed E-state index contributed by atoms with van der Waals surface area (Å²) in [5.74, 6) is 0.691. The molecule has 0 heterocycles. The van der Waals surface area contributed by atoms with E-state index in [9.17, 15) is 0 Å². The maximum absolute atomic E-state index is 3.64. The largest absolute Gasteiger partial charge is 0.254 e. The second-order valence-corrected chi connectivity index (χ2v) is 3.30. The quantitative estimate of drug-likeness (QED) is 0.602. The minimum absolute atomic E-state index is 0.528. The van der Waals surface area contributed by atoms with Crippen LogP contribution in [0.25, 0.3) is 0 Å². The highest BCUT2D eigenvalue weighted by molar-refractivity contribution is 4.59. The van der Waals surface area contributed by atoms with Crippen LogP contribution in [0, 0.1) is 13.0 Å². The van der Waals surface area contributed by atoms with Crippen LogP contribution >= 0.6 is 0 Å². The van der Waals surface area contributed by atoms with Gasteiger partial charge in [0.1, 0.15) is 0 Å². The highest BCUT2D eigenvalue weighted by Gasteiger charge is 2.07. The number of hydrazine groups is 1. The Kier molecular flexibility index (Phi) is 4.65. The summed E-state index contributed by atoms with van der Waals surface area (Å²) in [6, 6.07) is 0.528. The van der Waals surface area contributed by atoms with Crippen molar-refractivity contribution in [1.82, 2.24) is 10.4 Å². The van der Waals surface area contributed by atoms with Gasteiger partial charge in [0.25, 0.3) is 0 Å². The van der Waals surface area contributed by atoms with Crippen molar-refractivity contribution in [2.45, 2.75) is 33.7 Å². The molecule has 0 atom stereocenters. The zero-order valence-electron chi connectivity index (χ0n) is 7.52. The van der Waals surface area contributed by atoms with Gasteiger partial charge in [-0.25, -0.2) is 5.01 Å². The van der Waals surface area contributed by atoms with Gasteiger partial charge in [-0.2, -0.15) is 0 Å². The number of hydrogen-bond donors (Lipinski definition) is 1. The molecule has 0 unspecified atom stereocenters. The SMILES string of the molecule is [CH2]NN(CC(C)C)C(C)C. The first-order valence-corrected chi connectivity index (χ1v) is 3.87. The van der Waals surface area contributed by atoms with Crippen LogP contribution in [0.4, 0.5) is 0 Å². The smallest absolute Gasteiger partial charge is 0.0242 e. The van der Waals surface area contributed by atoms with Gasteiger partial charge in [-0.05, 0) is 19.8 Å². The predicted octanol–water partition coefficient (Wildman–Crippen LogP) is 1.65. The van der Waals surface area contributed by atoms with Gasteiger partial charge in [0.2, 0.25) is 0 Å². The third-order valence-electron chi connectivity index (χ3n) is 1.39. The van der Waals surface area contributed by atoms with E-state index in [0.717, 1.165) is 6.54 Å². The molecule has 0 saturated carbocycles. The topological polar surface area (TPSA) is 15.3 Å². The van der Waals surface area contributed by atoms with E-state index in [2.05, 4.69) is 45.2 Å². The minimum atomic E-state index is 0.528. The van der Waals surface area contributed by atoms with Crippen LogP contribution in [0.3, 0.4) is 0 Å². The summed E-state index contributed by atoms with van der Waals surface area (Å²) < 4.78 is 0. The maximum atomic E-state index is 3.64. The molecule has 61 valence electrons. The molecule has 0 aliphatic rings. The molecule has 0 aromatic heterocycles. The van der Waals surface area contributed by atoms with Gasteiger partial charge in [0.05, 0.1) is 0 Å². The van der Waals surface area contributed by atoms with Crippen molar-refractivity contribution in [3.63, 3.8) is 0 Å². The van der Waals surface area contributed by atoms with Crippen molar-refractivity contribution >= 4 is 0 Å². The lowest BCUT2D eigenvalue weighted by Crippen LogP contribution is -2.41. The Morgan fingerprint density at radius 3 is 1.90 bits per heavy atom. The fourth-order valence-corrected chi connectivity index (χ4v) is 0.851. The van der Waals surface area contributed by atoms with Crippen molar-refractivity contribution in [1.29, 1.82) is 0 Å². The fraction of sp³-hybridized carbons (Fsp3) is 0.875. The molecule has 0 bridgehead atoms. The molecule has 10 heavy (non-hydrogen) atoms. The van der Waals surface area contributed by atoms with E-state index in [1.54, 1.807) is 0 Å². The van der Waals surface area contributed by atoms with Crippen LogP contribution in [-0.2, 0) is 0 Å². The summed E-state index contributed by atoms with van der Waals surface area (Å²) in [6.45, 7) is 9.77. The minimum Gasteiger partial charge on any atom is -0.254 e. The molecule has 2 heteroatoms. The molecular weight excluding hydrogens is 124 g/mol. The molecule has 0 rings (SSSR count). The molecule has 1 N–H and O–H groups in total. The van der Waals surface area contributed by atoms with Crippen molar-refractivity contribution in [3.8, 4) is 0 Å². The molecule has 0 saturated heterocycles. The molecule has 0 aliphatic carbocycles. The van der Waals surface area contributed by atoms with Crippen molar-refractivity contribution in [2.75, 3.05) is 6.54 Å². The summed E-state index contributed by atoms with van der Waals surface area (Å²) in [6.07, 6.45) is 0. The number of rotatable bonds is 4. The van der Waals surface area contributed by atoms with Gasteiger partial charge in [-0.15, -0.1) is 0 Å². The van der Waals surface area contributed by atoms with E-state index < -0.39 is 0 Å². The van der Waals surface area contributed by atoms with Crippen LogP contribution in [0.15, 0.2) is 0 Å². The van der Waals surface area contributed by atoms with Crippen molar-refractivity contribution in [3.05, 3.63) is 7.05 Å². The Morgan fingerprint density at radius 1 is 1.30 bits per heavy atom. The summed E-state index contributed by atoms with van der Waals surface area (Å²) >= 11 is 0. The monoisotopic (exact) mass is 143 g/mol.